The van der Waals surface area contributed by atoms with E-state index in [2.05, 4.69) is 15.2 Å². The van der Waals surface area contributed by atoms with Crippen LogP contribution in [0.1, 0.15) is 30.1 Å². The van der Waals surface area contributed by atoms with Crippen LogP contribution in [0.25, 0.3) is 0 Å². The molecule has 0 atom stereocenters. The van der Waals surface area contributed by atoms with Gasteiger partial charge in [-0.3, -0.25) is 9.36 Å². The SMILES string of the molecule is CCc1nnc(SCC(=O)O)n1Cc1nc(C)c(C)o1. The summed E-state index contributed by atoms with van der Waals surface area (Å²) in [6.07, 6.45) is 0.708. The molecule has 7 nitrogen and oxygen atoms in total. The number of carboxylic acid groups (broad SMARTS) is 1. The first-order valence-electron chi connectivity index (χ1n) is 6.20. The van der Waals surface area contributed by atoms with Crippen molar-refractivity contribution in [1.82, 2.24) is 19.7 Å². The Morgan fingerprint density at radius 1 is 1.40 bits per heavy atom. The Labute approximate surface area is 120 Å². The number of hydrogen-bond donors (Lipinski definition) is 1. The Morgan fingerprint density at radius 3 is 2.70 bits per heavy atom. The molecule has 0 radical (unpaired) electrons. The van der Waals surface area contributed by atoms with Crippen LogP contribution in [-0.2, 0) is 17.8 Å². The zero-order chi connectivity index (χ0) is 14.7. The average Bonchev–Trinajstić information content (AvgIpc) is 2.91. The van der Waals surface area contributed by atoms with Gasteiger partial charge in [0.2, 0.25) is 5.89 Å². The van der Waals surface area contributed by atoms with Crippen LogP contribution in [0.5, 0.6) is 0 Å². The molecule has 2 heterocycles. The predicted molar refractivity (Wildman–Crippen MR) is 72.8 cm³/mol. The third kappa shape index (κ3) is 3.19. The van der Waals surface area contributed by atoms with Crippen LogP contribution in [0, 0.1) is 13.8 Å². The van der Waals surface area contributed by atoms with Gasteiger partial charge in [0.25, 0.3) is 0 Å². The molecule has 0 aliphatic carbocycles. The van der Waals surface area contributed by atoms with Gasteiger partial charge < -0.3 is 9.52 Å². The minimum Gasteiger partial charge on any atom is -0.481 e. The third-order valence-corrected chi connectivity index (χ3v) is 3.75. The van der Waals surface area contributed by atoms with Crippen molar-refractivity contribution < 1.29 is 14.3 Å². The highest BCUT2D eigenvalue weighted by molar-refractivity contribution is 7.99. The van der Waals surface area contributed by atoms with Crippen molar-refractivity contribution in [2.75, 3.05) is 5.75 Å². The molecule has 2 aromatic heterocycles. The molecule has 2 rings (SSSR count). The Balaban J connectivity index is 2.23. The zero-order valence-corrected chi connectivity index (χ0v) is 12.4. The smallest absolute Gasteiger partial charge is 0.313 e. The van der Waals surface area contributed by atoms with Crippen LogP contribution >= 0.6 is 11.8 Å². The zero-order valence-electron chi connectivity index (χ0n) is 11.6. The molecule has 0 spiro atoms. The molecule has 20 heavy (non-hydrogen) atoms. The lowest BCUT2D eigenvalue weighted by atomic mass is 10.4. The second-order valence-corrected chi connectivity index (χ2v) is 5.21. The Kier molecular flexibility index (Phi) is 4.43. The molecule has 0 fully saturated rings. The summed E-state index contributed by atoms with van der Waals surface area (Å²) in [6, 6.07) is 0. The molecule has 0 aliphatic rings. The van der Waals surface area contributed by atoms with Crippen molar-refractivity contribution in [2.45, 2.75) is 38.9 Å². The van der Waals surface area contributed by atoms with Crippen molar-refractivity contribution in [3.8, 4) is 0 Å². The number of oxazole rings is 1. The van der Waals surface area contributed by atoms with Crippen molar-refractivity contribution in [3.05, 3.63) is 23.2 Å². The van der Waals surface area contributed by atoms with Crippen LogP contribution in [0.3, 0.4) is 0 Å². The third-order valence-electron chi connectivity index (χ3n) is 2.80. The second kappa shape index (κ2) is 6.08. The molecular formula is C12H16N4O3S. The van der Waals surface area contributed by atoms with Gasteiger partial charge in [0.15, 0.2) is 5.16 Å². The van der Waals surface area contributed by atoms with E-state index in [1.54, 1.807) is 0 Å². The Bertz CT molecular complexity index is 601. The van der Waals surface area contributed by atoms with Gasteiger partial charge in [-0.2, -0.15) is 0 Å². The number of rotatable bonds is 6. The summed E-state index contributed by atoms with van der Waals surface area (Å²) in [7, 11) is 0. The van der Waals surface area contributed by atoms with Crippen LogP contribution in [0.15, 0.2) is 9.57 Å². The highest BCUT2D eigenvalue weighted by Gasteiger charge is 2.15. The van der Waals surface area contributed by atoms with Gasteiger partial charge in [0, 0.05) is 6.42 Å². The summed E-state index contributed by atoms with van der Waals surface area (Å²) < 4.78 is 7.40. The highest BCUT2D eigenvalue weighted by Crippen LogP contribution is 2.19. The van der Waals surface area contributed by atoms with Gasteiger partial charge in [0.05, 0.1) is 11.4 Å². The summed E-state index contributed by atoms with van der Waals surface area (Å²) in [4.78, 5) is 15.0. The Morgan fingerprint density at radius 2 is 2.15 bits per heavy atom. The van der Waals surface area contributed by atoms with E-state index < -0.39 is 5.97 Å². The minimum atomic E-state index is -0.884. The molecule has 0 amide bonds. The number of carboxylic acids is 1. The molecule has 0 aromatic carbocycles. The molecule has 2 aromatic rings. The van der Waals surface area contributed by atoms with E-state index in [1.165, 1.54) is 0 Å². The first kappa shape index (κ1) is 14.6. The van der Waals surface area contributed by atoms with E-state index in [1.807, 2.05) is 25.3 Å². The van der Waals surface area contributed by atoms with Gasteiger partial charge in [-0.05, 0) is 13.8 Å². The van der Waals surface area contributed by atoms with Crippen molar-refractivity contribution in [1.29, 1.82) is 0 Å². The van der Waals surface area contributed by atoms with Crippen LogP contribution in [-0.4, -0.2) is 36.6 Å². The van der Waals surface area contributed by atoms with Crippen LogP contribution in [0.4, 0.5) is 0 Å². The summed E-state index contributed by atoms with van der Waals surface area (Å²) in [5.74, 6) is 1.21. The fraction of sp³-hybridized carbons (Fsp3) is 0.500. The molecule has 0 bridgehead atoms. The Hall–Kier alpha value is -1.83. The van der Waals surface area contributed by atoms with E-state index in [0.717, 1.165) is 29.0 Å². The normalized spacial score (nSPS) is 10.9. The van der Waals surface area contributed by atoms with Gasteiger partial charge in [-0.1, -0.05) is 18.7 Å². The molecular weight excluding hydrogens is 280 g/mol. The number of carbonyl (C=O) groups is 1. The highest BCUT2D eigenvalue weighted by atomic mass is 32.2. The van der Waals surface area contributed by atoms with E-state index in [0.29, 0.717) is 24.0 Å². The number of aromatic nitrogens is 4. The predicted octanol–water partition coefficient (Wildman–Crippen LogP) is 1.67. The van der Waals surface area contributed by atoms with E-state index in [4.69, 9.17) is 9.52 Å². The topological polar surface area (TPSA) is 94.0 Å². The number of aliphatic carboxylic acids is 1. The van der Waals surface area contributed by atoms with Crippen molar-refractivity contribution in [2.24, 2.45) is 0 Å². The lowest BCUT2D eigenvalue weighted by Gasteiger charge is -2.05. The number of nitrogens with zero attached hydrogens (tertiary/aromatic N) is 4. The largest absolute Gasteiger partial charge is 0.481 e. The summed E-state index contributed by atoms with van der Waals surface area (Å²) in [6.45, 7) is 6.12. The standard InChI is InChI=1S/C12H16N4O3S/c1-4-9-14-15-12(20-6-11(17)18)16(9)5-10-13-7(2)8(3)19-10/h4-6H2,1-3H3,(H,17,18). The molecule has 0 saturated carbocycles. The summed E-state index contributed by atoms with van der Waals surface area (Å²) >= 11 is 1.14. The molecule has 108 valence electrons. The fourth-order valence-corrected chi connectivity index (χ4v) is 2.39. The van der Waals surface area contributed by atoms with Gasteiger partial charge >= 0.3 is 5.97 Å². The minimum absolute atomic E-state index is 0.0501. The number of thioether (sulfide) groups is 1. The second-order valence-electron chi connectivity index (χ2n) is 4.27. The van der Waals surface area contributed by atoms with Gasteiger partial charge in [-0.15, -0.1) is 10.2 Å². The van der Waals surface area contributed by atoms with Crippen molar-refractivity contribution >= 4 is 17.7 Å². The maximum Gasteiger partial charge on any atom is 0.313 e. The first-order valence-corrected chi connectivity index (χ1v) is 7.19. The summed E-state index contributed by atoms with van der Waals surface area (Å²) in [5, 5.41) is 17.4. The molecule has 8 heteroatoms. The van der Waals surface area contributed by atoms with E-state index >= 15 is 0 Å². The van der Waals surface area contributed by atoms with E-state index in [9.17, 15) is 4.79 Å². The van der Waals surface area contributed by atoms with Gasteiger partial charge in [0.1, 0.15) is 18.1 Å². The monoisotopic (exact) mass is 296 g/mol. The number of aryl methyl sites for hydroxylation is 3. The summed E-state index contributed by atoms with van der Waals surface area (Å²) in [5.41, 5.74) is 0.853. The molecule has 1 N–H and O–H groups in total. The number of hydrogen-bond acceptors (Lipinski definition) is 6. The molecule has 0 unspecified atom stereocenters. The quantitative estimate of drug-likeness (QED) is 0.810. The van der Waals surface area contributed by atoms with Crippen LogP contribution in [0.2, 0.25) is 0 Å². The lowest BCUT2D eigenvalue weighted by Crippen LogP contribution is -2.08. The maximum atomic E-state index is 10.7. The van der Waals surface area contributed by atoms with Crippen LogP contribution < -0.4 is 0 Å². The van der Waals surface area contributed by atoms with Crippen molar-refractivity contribution in [3.63, 3.8) is 0 Å². The molecule has 0 aliphatic heterocycles. The lowest BCUT2D eigenvalue weighted by molar-refractivity contribution is -0.133. The van der Waals surface area contributed by atoms with Gasteiger partial charge in [-0.25, -0.2) is 4.98 Å². The molecule has 0 saturated heterocycles. The maximum absolute atomic E-state index is 10.7. The average molecular weight is 296 g/mol. The first-order chi connectivity index (χ1) is 9.51. The van der Waals surface area contributed by atoms with E-state index in [-0.39, 0.29) is 5.75 Å². The fourth-order valence-electron chi connectivity index (χ4n) is 1.71.